The zero-order valence-electron chi connectivity index (χ0n) is 10.3. The number of hydrogen-bond acceptors (Lipinski definition) is 4. The Morgan fingerprint density at radius 2 is 2.21 bits per heavy atom. The molecule has 0 atom stereocenters. The summed E-state index contributed by atoms with van der Waals surface area (Å²) in [4.78, 5) is 14.1. The number of hydrogen-bond donors (Lipinski definition) is 1. The lowest BCUT2D eigenvalue weighted by atomic mass is 10.1. The van der Waals surface area contributed by atoms with Crippen LogP contribution < -0.4 is 5.32 Å². The first-order valence-corrected chi connectivity index (χ1v) is 5.66. The molecule has 0 saturated carbocycles. The molecule has 2 aromatic rings. The second-order valence-corrected chi connectivity index (χ2v) is 4.05. The van der Waals surface area contributed by atoms with Crippen LogP contribution >= 0.6 is 0 Å². The number of nitrogens with zero attached hydrogens (tertiary/aromatic N) is 2. The zero-order chi connectivity index (χ0) is 13.8. The van der Waals surface area contributed by atoms with Gasteiger partial charge in [0.25, 0.3) is 0 Å². The Bertz CT molecular complexity index is 617. The largest absolute Gasteiger partial charge is 0.375 e. The van der Waals surface area contributed by atoms with Crippen LogP contribution in [0.15, 0.2) is 36.7 Å². The molecule has 1 heterocycles. The van der Waals surface area contributed by atoms with Crippen molar-refractivity contribution in [1.29, 1.82) is 0 Å². The Morgan fingerprint density at radius 3 is 2.89 bits per heavy atom. The number of nitrogens with one attached hydrogen (secondary N) is 1. The van der Waals surface area contributed by atoms with Crippen LogP contribution in [-0.4, -0.2) is 9.91 Å². The van der Waals surface area contributed by atoms with Crippen LogP contribution in [0.5, 0.6) is 0 Å². The predicted molar refractivity (Wildman–Crippen MR) is 69.4 cm³/mol. The van der Waals surface area contributed by atoms with Gasteiger partial charge in [0, 0.05) is 18.9 Å². The highest BCUT2D eigenvalue weighted by Gasteiger charge is 2.19. The maximum atomic E-state index is 13.4. The van der Waals surface area contributed by atoms with E-state index in [1.807, 2.05) is 13.0 Å². The fourth-order valence-electron chi connectivity index (χ4n) is 1.73. The number of anilines is 1. The molecule has 0 aliphatic carbocycles. The zero-order valence-corrected chi connectivity index (χ0v) is 10.3. The molecule has 0 bridgehead atoms. The van der Waals surface area contributed by atoms with Gasteiger partial charge in [-0.2, -0.15) is 4.39 Å². The molecule has 0 aliphatic heterocycles. The first-order valence-electron chi connectivity index (χ1n) is 5.66. The molecule has 19 heavy (non-hydrogen) atoms. The van der Waals surface area contributed by atoms with Crippen LogP contribution in [0.4, 0.5) is 15.8 Å². The molecule has 0 amide bonds. The van der Waals surface area contributed by atoms with Crippen molar-refractivity contribution in [3.05, 3.63) is 63.7 Å². The van der Waals surface area contributed by atoms with Crippen LogP contribution in [0.25, 0.3) is 0 Å². The number of aryl methyl sites for hydroxylation is 1. The molecule has 1 N–H and O–H groups in total. The van der Waals surface area contributed by atoms with E-state index in [9.17, 15) is 14.5 Å². The number of pyridine rings is 1. The molecule has 0 aliphatic rings. The molecule has 2 rings (SSSR count). The van der Waals surface area contributed by atoms with E-state index in [0.717, 1.165) is 17.2 Å². The summed E-state index contributed by atoms with van der Waals surface area (Å²) >= 11 is 0. The van der Waals surface area contributed by atoms with Gasteiger partial charge < -0.3 is 5.32 Å². The van der Waals surface area contributed by atoms with Crippen LogP contribution in [0.3, 0.4) is 0 Å². The van der Waals surface area contributed by atoms with Crippen LogP contribution in [0, 0.1) is 22.9 Å². The minimum Gasteiger partial charge on any atom is -0.375 e. The quantitative estimate of drug-likeness (QED) is 0.678. The molecule has 6 heteroatoms. The van der Waals surface area contributed by atoms with Gasteiger partial charge in [0.2, 0.25) is 5.82 Å². The lowest BCUT2D eigenvalue weighted by Crippen LogP contribution is -2.05. The van der Waals surface area contributed by atoms with E-state index in [0.29, 0.717) is 6.54 Å². The average Bonchev–Trinajstić information content (AvgIpc) is 2.37. The summed E-state index contributed by atoms with van der Waals surface area (Å²) in [6.45, 7) is 2.27. The van der Waals surface area contributed by atoms with E-state index in [2.05, 4.69) is 10.3 Å². The maximum Gasteiger partial charge on any atom is 0.327 e. The Labute approximate surface area is 109 Å². The van der Waals surface area contributed by atoms with Gasteiger partial charge in [-0.05, 0) is 36.2 Å². The first kappa shape index (κ1) is 12.9. The summed E-state index contributed by atoms with van der Waals surface area (Å²) in [7, 11) is 0. The van der Waals surface area contributed by atoms with E-state index in [-0.39, 0.29) is 5.69 Å². The van der Waals surface area contributed by atoms with Crippen molar-refractivity contribution in [2.45, 2.75) is 13.5 Å². The average molecular weight is 261 g/mol. The SMILES string of the molecule is Cc1cnccc1CNc1cccc(F)c1[N+](=O)[O-]. The summed E-state index contributed by atoms with van der Waals surface area (Å²) < 4.78 is 13.4. The number of benzene rings is 1. The lowest BCUT2D eigenvalue weighted by molar-refractivity contribution is -0.386. The number of para-hydroxylation sites is 1. The van der Waals surface area contributed by atoms with Crippen molar-refractivity contribution in [3.8, 4) is 0 Å². The van der Waals surface area contributed by atoms with Gasteiger partial charge in [0.05, 0.1) is 4.92 Å². The first-order chi connectivity index (χ1) is 9.09. The molecule has 0 saturated heterocycles. The van der Waals surface area contributed by atoms with Gasteiger partial charge in [-0.3, -0.25) is 15.1 Å². The van der Waals surface area contributed by atoms with Crippen molar-refractivity contribution in [3.63, 3.8) is 0 Å². The van der Waals surface area contributed by atoms with Crippen molar-refractivity contribution in [2.75, 3.05) is 5.32 Å². The Balaban J connectivity index is 2.23. The minimum atomic E-state index is -0.846. The maximum absolute atomic E-state index is 13.4. The van der Waals surface area contributed by atoms with Crippen LogP contribution in [0.1, 0.15) is 11.1 Å². The minimum absolute atomic E-state index is 0.168. The smallest absolute Gasteiger partial charge is 0.327 e. The topological polar surface area (TPSA) is 68.1 Å². The van der Waals surface area contributed by atoms with Crippen molar-refractivity contribution in [1.82, 2.24) is 4.98 Å². The van der Waals surface area contributed by atoms with E-state index in [4.69, 9.17) is 0 Å². The number of nitro groups is 1. The van der Waals surface area contributed by atoms with E-state index < -0.39 is 16.4 Å². The molecule has 5 nitrogen and oxygen atoms in total. The van der Waals surface area contributed by atoms with E-state index >= 15 is 0 Å². The molecule has 0 fully saturated rings. The third-order valence-corrected chi connectivity index (χ3v) is 2.78. The fraction of sp³-hybridized carbons (Fsp3) is 0.154. The summed E-state index contributed by atoms with van der Waals surface area (Å²) in [5.74, 6) is -0.846. The van der Waals surface area contributed by atoms with Gasteiger partial charge in [-0.1, -0.05) is 6.07 Å². The third-order valence-electron chi connectivity index (χ3n) is 2.78. The molecule has 98 valence electrons. The normalized spacial score (nSPS) is 10.2. The number of aromatic nitrogens is 1. The lowest BCUT2D eigenvalue weighted by Gasteiger charge is -2.09. The second-order valence-electron chi connectivity index (χ2n) is 4.05. The molecule has 0 radical (unpaired) electrons. The van der Waals surface area contributed by atoms with Gasteiger partial charge in [0.15, 0.2) is 0 Å². The summed E-state index contributed by atoms with van der Waals surface area (Å²) in [5, 5.41) is 13.7. The molecule has 1 aromatic carbocycles. The van der Waals surface area contributed by atoms with Gasteiger partial charge in [-0.15, -0.1) is 0 Å². The molecule has 0 unspecified atom stereocenters. The summed E-state index contributed by atoms with van der Waals surface area (Å²) in [6, 6.07) is 5.80. The highest BCUT2D eigenvalue weighted by atomic mass is 19.1. The predicted octanol–water partition coefficient (Wildman–Crippen LogP) is 3.05. The van der Waals surface area contributed by atoms with Gasteiger partial charge >= 0.3 is 5.69 Å². The third kappa shape index (κ3) is 2.85. The van der Waals surface area contributed by atoms with Crippen molar-refractivity contribution in [2.24, 2.45) is 0 Å². The van der Waals surface area contributed by atoms with E-state index in [1.54, 1.807) is 12.4 Å². The fourth-order valence-corrected chi connectivity index (χ4v) is 1.73. The molecule has 1 aromatic heterocycles. The van der Waals surface area contributed by atoms with Crippen molar-refractivity contribution < 1.29 is 9.31 Å². The summed E-state index contributed by atoms with van der Waals surface area (Å²) in [6.07, 6.45) is 3.35. The van der Waals surface area contributed by atoms with Crippen LogP contribution in [-0.2, 0) is 6.54 Å². The molecule has 0 spiro atoms. The monoisotopic (exact) mass is 261 g/mol. The molecular weight excluding hydrogens is 249 g/mol. The highest BCUT2D eigenvalue weighted by Crippen LogP contribution is 2.27. The van der Waals surface area contributed by atoms with Crippen molar-refractivity contribution >= 4 is 11.4 Å². The second kappa shape index (κ2) is 5.43. The van der Waals surface area contributed by atoms with Crippen LogP contribution in [0.2, 0.25) is 0 Å². The number of halogens is 1. The molecular formula is C13H12FN3O2. The highest BCUT2D eigenvalue weighted by molar-refractivity contribution is 5.62. The number of nitro benzene ring substituents is 1. The Kier molecular flexibility index (Phi) is 3.70. The Morgan fingerprint density at radius 1 is 1.42 bits per heavy atom. The Hall–Kier alpha value is -2.50. The van der Waals surface area contributed by atoms with E-state index in [1.165, 1.54) is 12.1 Å². The number of rotatable bonds is 4. The van der Waals surface area contributed by atoms with Gasteiger partial charge in [0.1, 0.15) is 5.69 Å². The summed E-state index contributed by atoms with van der Waals surface area (Å²) in [5.41, 5.74) is 1.55. The standard InChI is InChI=1S/C13H12FN3O2/c1-9-7-15-6-5-10(9)8-16-12-4-2-3-11(14)13(12)17(18)19/h2-7,16H,8H2,1H3. The van der Waals surface area contributed by atoms with Gasteiger partial charge in [-0.25, -0.2) is 0 Å².